The van der Waals surface area contributed by atoms with E-state index in [2.05, 4.69) is 6.92 Å². The summed E-state index contributed by atoms with van der Waals surface area (Å²) < 4.78 is 12.7. The fraction of sp³-hybridized carbons (Fsp3) is 0.381. The zero-order chi connectivity index (χ0) is 17.9. The Balaban J connectivity index is 2.03. The van der Waals surface area contributed by atoms with Crippen molar-refractivity contribution >= 4 is 5.97 Å². The number of unbranched alkanes of at least 4 members (excludes halogenated alkanes) is 1. The van der Waals surface area contributed by atoms with E-state index in [1.54, 1.807) is 0 Å². The predicted octanol–water partition coefficient (Wildman–Crippen LogP) is 4.69. The van der Waals surface area contributed by atoms with Gasteiger partial charge in [-0.1, -0.05) is 56.7 Å². The lowest BCUT2D eigenvalue weighted by Crippen LogP contribution is -2.35. The highest BCUT2D eigenvalue weighted by molar-refractivity contribution is 5.72. The first-order valence-electron chi connectivity index (χ1n) is 8.89. The number of carbonyl (C=O) groups is 1. The molecular weight excluding hydrogens is 316 g/mol. The molecule has 0 aliphatic carbocycles. The first-order chi connectivity index (χ1) is 12.1. The molecule has 4 nitrogen and oxygen atoms in total. The van der Waals surface area contributed by atoms with Crippen LogP contribution in [0.3, 0.4) is 0 Å². The molecule has 0 bridgehead atoms. The number of carboxylic acids is 1. The van der Waals surface area contributed by atoms with E-state index in [1.165, 1.54) is 0 Å². The van der Waals surface area contributed by atoms with Gasteiger partial charge in [0.05, 0.1) is 6.42 Å². The quantitative estimate of drug-likeness (QED) is 0.794. The molecule has 2 aromatic carbocycles. The van der Waals surface area contributed by atoms with Gasteiger partial charge in [0.25, 0.3) is 5.79 Å². The molecule has 4 heteroatoms. The summed E-state index contributed by atoms with van der Waals surface area (Å²) in [4.78, 5) is 11.2. The lowest BCUT2D eigenvalue weighted by atomic mass is 9.99. The zero-order valence-corrected chi connectivity index (χ0v) is 14.7. The molecule has 3 rings (SSSR count). The van der Waals surface area contributed by atoms with Crippen LogP contribution in [0.4, 0.5) is 0 Å². The van der Waals surface area contributed by atoms with Gasteiger partial charge in [0.1, 0.15) is 0 Å². The summed E-state index contributed by atoms with van der Waals surface area (Å²) in [5.41, 5.74) is 2.70. The van der Waals surface area contributed by atoms with E-state index in [0.29, 0.717) is 17.9 Å². The first kappa shape index (κ1) is 17.3. The zero-order valence-electron chi connectivity index (χ0n) is 14.7. The molecule has 1 aliphatic rings. The summed E-state index contributed by atoms with van der Waals surface area (Å²) in [6.07, 6.45) is 3.47. The van der Waals surface area contributed by atoms with Gasteiger partial charge in [0.2, 0.25) is 0 Å². The molecule has 0 radical (unpaired) electrons. The maximum Gasteiger partial charge on any atom is 0.307 e. The third-order valence-corrected chi connectivity index (χ3v) is 4.63. The van der Waals surface area contributed by atoms with E-state index in [9.17, 15) is 4.79 Å². The van der Waals surface area contributed by atoms with Crippen LogP contribution in [0, 0.1) is 0 Å². The van der Waals surface area contributed by atoms with Crippen LogP contribution in [0.1, 0.15) is 49.8 Å². The molecule has 1 heterocycles. The molecule has 0 spiro atoms. The fourth-order valence-electron chi connectivity index (χ4n) is 3.38. The third-order valence-electron chi connectivity index (χ3n) is 4.63. The van der Waals surface area contributed by atoms with Gasteiger partial charge in [-0.05, 0) is 24.5 Å². The molecule has 1 aliphatic heterocycles. The summed E-state index contributed by atoms with van der Waals surface area (Å²) in [7, 11) is 0. The van der Waals surface area contributed by atoms with E-state index < -0.39 is 11.8 Å². The summed E-state index contributed by atoms with van der Waals surface area (Å²) in [5.74, 6) is -0.272. The molecule has 1 atom stereocenters. The highest BCUT2D eigenvalue weighted by Crippen LogP contribution is 2.49. The normalized spacial score (nSPS) is 18.3. The minimum atomic E-state index is -0.839. The van der Waals surface area contributed by atoms with E-state index >= 15 is 0 Å². The van der Waals surface area contributed by atoms with Crippen molar-refractivity contribution in [3.05, 3.63) is 59.2 Å². The number of aliphatic carboxylic acids is 1. The van der Waals surface area contributed by atoms with Crippen LogP contribution < -0.4 is 9.47 Å². The molecule has 132 valence electrons. The second kappa shape index (κ2) is 7.18. The van der Waals surface area contributed by atoms with Crippen molar-refractivity contribution in [3.8, 4) is 11.5 Å². The monoisotopic (exact) mass is 340 g/mol. The third kappa shape index (κ3) is 3.34. The molecule has 0 saturated heterocycles. The van der Waals surface area contributed by atoms with Crippen LogP contribution in [-0.2, 0) is 23.4 Å². The molecular formula is C21H24O4. The highest BCUT2D eigenvalue weighted by Gasteiger charge is 2.44. The van der Waals surface area contributed by atoms with Crippen molar-refractivity contribution in [1.82, 2.24) is 0 Å². The van der Waals surface area contributed by atoms with Gasteiger partial charge >= 0.3 is 5.97 Å². The van der Waals surface area contributed by atoms with Crippen molar-refractivity contribution in [2.75, 3.05) is 0 Å². The number of hydrogen-bond donors (Lipinski definition) is 1. The Morgan fingerprint density at radius 3 is 2.48 bits per heavy atom. The Morgan fingerprint density at radius 1 is 1.08 bits per heavy atom. The number of hydrogen-bond acceptors (Lipinski definition) is 3. The van der Waals surface area contributed by atoms with Crippen LogP contribution >= 0.6 is 0 Å². The minimum Gasteiger partial charge on any atom is -0.481 e. The average molecular weight is 340 g/mol. The van der Waals surface area contributed by atoms with Gasteiger partial charge in [-0.25, -0.2) is 0 Å². The molecule has 1 unspecified atom stereocenters. The minimum absolute atomic E-state index is 0.00684. The molecule has 25 heavy (non-hydrogen) atoms. The number of benzene rings is 2. The number of fused-ring (bicyclic) bond motifs is 1. The highest BCUT2D eigenvalue weighted by atomic mass is 16.7. The number of ether oxygens (including phenoxy) is 2. The van der Waals surface area contributed by atoms with Crippen LogP contribution in [-0.4, -0.2) is 11.1 Å². The van der Waals surface area contributed by atoms with Crippen LogP contribution in [0.15, 0.2) is 42.5 Å². The van der Waals surface area contributed by atoms with Crippen molar-refractivity contribution in [2.45, 2.75) is 51.7 Å². The predicted molar refractivity (Wildman–Crippen MR) is 96.1 cm³/mol. The second-order valence-corrected chi connectivity index (χ2v) is 6.38. The maximum absolute atomic E-state index is 11.2. The van der Waals surface area contributed by atoms with Gasteiger partial charge in [-0.2, -0.15) is 0 Å². The standard InChI is InChI=1S/C21H24O4/c1-3-5-13-21(16-9-7-6-8-10-16)24-18-12-11-15(14-19(22)23)17(4-2)20(18)25-21/h6-12H,3-5,13-14H2,1-2H3,(H,22,23). The van der Waals surface area contributed by atoms with Gasteiger partial charge in [0, 0.05) is 17.5 Å². The average Bonchev–Trinajstić information content (AvgIpc) is 3.00. The first-order valence-corrected chi connectivity index (χ1v) is 8.89. The lowest BCUT2D eigenvalue weighted by molar-refractivity contribution is -0.136. The second-order valence-electron chi connectivity index (χ2n) is 6.38. The van der Waals surface area contributed by atoms with E-state index in [4.69, 9.17) is 14.6 Å². The van der Waals surface area contributed by atoms with Crippen LogP contribution in [0.25, 0.3) is 0 Å². The number of rotatable bonds is 7. The molecule has 1 N–H and O–H groups in total. The molecule has 0 fully saturated rings. The topological polar surface area (TPSA) is 55.8 Å². The molecule has 0 amide bonds. The van der Waals surface area contributed by atoms with Gasteiger partial charge in [-0.3, -0.25) is 4.79 Å². The van der Waals surface area contributed by atoms with E-state index in [1.807, 2.05) is 49.4 Å². The van der Waals surface area contributed by atoms with Gasteiger partial charge < -0.3 is 14.6 Å². The molecule has 0 saturated carbocycles. The van der Waals surface area contributed by atoms with Crippen LogP contribution in [0.2, 0.25) is 0 Å². The Morgan fingerprint density at radius 2 is 1.84 bits per heavy atom. The number of carboxylic acid groups (broad SMARTS) is 1. The van der Waals surface area contributed by atoms with Crippen molar-refractivity contribution in [2.24, 2.45) is 0 Å². The summed E-state index contributed by atoms with van der Waals surface area (Å²) in [6, 6.07) is 13.7. The van der Waals surface area contributed by atoms with E-state index in [0.717, 1.165) is 36.0 Å². The maximum atomic E-state index is 11.2. The Labute approximate surface area is 148 Å². The summed E-state index contributed by atoms with van der Waals surface area (Å²) in [6.45, 7) is 4.15. The Kier molecular flexibility index (Phi) is 4.98. The molecule has 2 aromatic rings. The smallest absolute Gasteiger partial charge is 0.307 e. The summed E-state index contributed by atoms with van der Waals surface area (Å²) in [5, 5.41) is 9.16. The Bertz CT molecular complexity index is 754. The van der Waals surface area contributed by atoms with Gasteiger partial charge in [0.15, 0.2) is 11.5 Å². The van der Waals surface area contributed by atoms with Gasteiger partial charge in [-0.15, -0.1) is 0 Å². The lowest BCUT2D eigenvalue weighted by Gasteiger charge is -2.28. The summed E-state index contributed by atoms with van der Waals surface area (Å²) >= 11 is 0. The largest absolute Gasteiger partial charge is 0.481 e. The Hall–Kier alpha value is -2.49. The van der Waals surface area contributed by atoms with Crippen molar-refractivity contribution < 1.29 is 19.4 Å². The SMILES string of the molecule is CCCCC1(c2ccccc2)Oc2ccc(CC(=O)O)c(CC)c2O1. The van der Waals surface area contributed by atoms with Crippen LogP contribution in [0.5, 0.6) is 11.5 Å². The van der Waals surface area contributed by atoms with E-state index in [-0.39, 0.29) is 6.42 Å². The molecule has 0 aromatic heterocycles. The van der Waals surface area contributed by atoms with Crippen molar-refractivity contribution in [3.63, 3.8) is 0 Å². The fourth-order valence-corrected chi connectivity index (χ4v) is 3.38. The van der Waals surface area contributed by atoms with Crippen molar-refractivity contribution in [1.29, 1.82) is 0 Å².